The molecule has 1 aromatic rings. The summed E-state index contributed by atoms with van der Waals surface area (Å²) in [5.41, 5.74) is -9.02. The highest BCUT2D eigenvalue weighted by Crippen LogP contribution is 2.50. The second kappa shape index (κ2) is 4.99. The topological polar surface area (TPSA) is 165 Å². The van der Waals surface area contributed by atoms with E-state index >= 15 is 0 Å². The van der Waals surface area contributed by atoms with Crippen molar-refractivity contribution in [1.29, 1.82) is 0 Å². The molecule has 0 amide bonds. The Morgan fingerprint density at radius 2 is 1.68 bits per heavy atom. The first-order chi connectivity index (χ1) is 11.4. The number of rotatable bonds is 1. The smallest absolute Gasteiger partial charge is 0.205 e. The molecule has 25 heavy (non-hydrogen) atoms. The van der Waals surface area contributed by atoms with Gasteiger partial charge >= 0.3 is 0 Å². The summed E-state index contributed by atoms with van der Waals surface area (Å²) in [5, 5.41) is 61.9. The van der Waals surface area contributed by atoms with E-state index in [2.05, 4.69) is 0 Å². The average Bonchev–Trinajstić information content (AvgIpc) is 2.54. The molecule has 5 atom stereocenters. The molecule has 2 aliphatic carbocycles. The van der Waals surface area contributed by atoms with Gasteiger partial charge in [0.15, 0.2) is 17.0 Å². The lowest BCUT2D eigenvalue weighted by Crippen LogP contribution is -2.80. The van der Waals surface area contributed by atoms with Crippen LogP contribution in [0, 0.1) is 0 Å². The molecule has 9 heteroatoms. The van der Waals surface area contributed by atoms with Crippen molar-refractivity contribution in [2.24, 2.45) is 0 Å². The number of aliphatic hydroxyl groups is 5. The maximum atomic E-state index is 12.9. The quantitative estimate of drug-likeness (QED) is 0.338. The summed E-state index contributed by atoms with van der Waals surface area (Å²) >= 11 is 0. The van der Waals surface area contributed by atoms with Gasteiger partial charge in [0.25, 0.3) is 0 Å². The van der Waals surface area contributed by atoms with E-state index in [1.54, 1.807) is 0 Å². The van der Waals surface area contributed by atoms with Crippen LogP contribution in [0.1, 0.15) is 34.1 Å². The summed E-state index contributed by atoms with van der Waals surface area (Å²) in [6, 6.07) is 1.95. The highest BCUT2D eigenvalue weighted by molar-refractivity contribution is 6.23. The molecule has 1 saturated carbocycles. The highest BCUT2D eigenvalue weighted by atomic mass is 16.5. The van der Waals surface area contributed by atoms with Crippen molar-refractivity contribution in [2.75, 3.05) is 7.11 Å². The average molecular weight is 354 g/mol. The van der Waals surface area contributed by atoms with E-state index in [1.807, 2.05) is 0 Å². The molecule has 0 bridgehead atoms. The Bertz CT molecular complexity index is 786. The zero-order chi connectivity index (χ0) is 18.9. The molecule has 0 radical (unpaired) electrons. The SMILES string of the molecule is COc1cc(O)cc2c1C(=O)[C@@]1(O)[C@H](O)[C@@H](O)[C@@](C)(O)C[C@]1(O)C2=O. The van der Waals surface area contributed by atoms with Crippen LogP contribution in [0.5, 0.6) is 11.5 Å². The Morgan fingerprint density at radius 3 is 2.24 bits per heavy atom. The number of ketones is 2. The van der Waals surface area contributed by atoms with Crippen molar-refractivity contribution < 1.29 is 45.0 Å². The van der Waals surface area contributed by atoms with Gasteiger partial charge in [0.1, 0.15) is 23.7 Å². The number of methoxy groups -OCH3 is 1. The van der Waals surface area contributed by atoms with Gasteiger partial charge in [-0.3, -0.25) is 9.59 Å². The first kappa shape index (κ1) is 17.8. The minimum atomic E-state index is -3.09. The lowest BCUT2D eigenvalue weighted by atomic mass is 9.55. The Balaban J connectivity index is 2.35. The first-order valence-corrected chi connectivity index (χ1v) is 7.45. The Kier molecular flexibility index (Phi) is 3.55. The molecule has 0 aliphatic heterocycles. The van der Waals surface area contributed by atoms with Gasteiger partial charge in [0.05, 0.1) is 18.3 Å². The third kappa shape index (κ3) is 1.95. The van der Waals surface area contributed by atoms with Gasteiger partial charge in [-0.25, -0.2) is 0 Å². The van der Waals surface area contributed by atoms with Crippen LogP contribution in [-0.2, 0) is 0 Å². The Hall–Kier alpha value is -2.04. The number of aromatic hydroxyl groups is 1. The van der Waals surface area contributed by atoms with Crippen molar-refractivity contribution in [2.45, 2.75) is 42.4 Å². The monoisotopic (exact) mass is 354 g/mol. The van der Waals surface area contributed by atoms with Crippen LogP contribution in [0.2, 0.25) is 0 Å². The van der Waals surface area contributed by atoms with Crippen LogP contribution in [0.25, 0.3) is 0 Å². The third-order valence-corrected chi connectivity index (χ3v) is 5.11. The molecule has 3 rings (SSSR count). The number of phenols is 1. The fourth-order valence-electron chi connectivity index (χ4n) is 3.73. The van der Waals surface area contributed by atoms with Crippen molar-refractivity contribution in [1.82, 2.24) is 0 Å². The molecular weight excluding hydrogens is 336 g/mol. The Morgan fingerprint density at radius 1 is 1.08 bits per heavy atom. The summed E-state index contributed by atoms with van der Waals surface area (Å²) in [7, 11) is 1.16. The predicted octanol–water partition coefficient (Wildman–Crippen LogP) is -1.88. The van der Waals surface area contributed by atoms with Crippen molar-refractivity contribution in [3.05, 3.63) is 23.3 Å². The van der Waals surface area contributed by atoms with E-state index in [0.29, 0.717) is 0 Å². The number of ether oxygens (including phenoxy) is 1. The minimum Gasteiger partial charge on any atom is -0.508 e. The number of carbonyl (C=O) groups excluding carboxylic acids is 2. The molecule has 0 saturated heterocycles. The molecule has 1 fully saturated rings. The molecule has 2 aliphatic rings. The van der Waals surface area contributed by atoms with Crippen LogP contribution in [-0.4, -0.2) is 78.3 Å². The maximum Gasteiger partial charge on any atom is 0.205 e. The summed E-state index contributed by atoms with van der Waals surface area (Å²) in [4.78, 5) is 25.8. The number of benzene rings is 1. The predicted molar refractivity (Wildman–Crippen MR) is 80.5 cm³/mol. The fraction of sp³-hybridized carbons (Fsp3) is 0.500. The number of Topliss-reactive ketones (excluding diaryl/α,β-unsaturated/α-hetero) is 2. The number of phenolic OH excluding ortho intramolecular Hbond substituents is 1. The minimum absolute atomic E-state index is 0.247. The van der Waals surface area contributed by atoms with Crippen molar-refractivity contribution in [3.8, 4) is 11.5 Å². The second-order valence-electron chi connectivity index (χ2n) is 6.78. The van der Waals surface area contributed by atoms with E-state index in [0.717, 1.165) is 26.2 Å². The maximum absolute atomic E-state index is 12.9. The molecular formula is C16H18O9. The lowest BCUT2D eigenvalue weighted by Gasteiger charge is -2.55. The van der Waals surface area contributed by atoms with Crippen LogP contribution in [0.15, 0.2) is 12.1 Å². The molecule has 136 valence electrons. The summed E-state index contributed by atoms with van der Waals surface area (Å²) in [5.74, 6) is -3.12. The molecule has 0 unspecified atom stereocenters. The van der Waals surface area contributed by atoms with Gasteiger partial charge in [-0.1, -0.05) is 0 Å². The van der Waals surface area contributed by atoms with E-state index in [4.69, 9.17) is 4.74 Å². The lowest BCUT2D eigenvalue weighted by molar-refractivity contribution is -0.260. The fourth-order valence-corrected chi connectivity index (χ4v) is 3.73. The normalized spacial score (nSPS) is 40.4. The van der Waals surface area contributed by atoms with Crippen LogP contribution in [0.4, 0.5) is 0 Å². The number of carbonyl (C=O) groups is 2. The van der Waals surface area contributed by atoms with Gasteiger partial charge in [0, 0.05) is 18.1 Å². The zero-order valence-electron chi connectivity index (χ0n) is 13.4. The number of fused-ring (bicyclic) bond motifs is 2. The van der Waals surface area contributed by atoms with E-state index in [9.17, 15) is 40.2 Å². The number of hydrogen-bond acceptors (Lipinski definition) is 9. The molecule has 1 aromatic carbocycles. The van der Waals surface area contributed by atoms with E-state index in [1.165, 1.54) is 0 Å². The molecule has 6 N–H and O–H groups in total. The summed E-state index contributed by atoms with van der Waals surface area (Å²) in [6.45, 7) is 1.05. The van der Waals surface area contributed by atoms with Gasteiger partial charge in [-0.05, 0) is 13.0 Å². The van der Waals surface area contributed by atoms with Crippen molar-refractivity contribution in [3.63, 3.8) is 0 Å². The van der Waals surface area contributed by atoms with Crippen molar-refractivity contribution >= 4 is 11.6 Å². The standard InChI is InChI=1S/C16H18O9/c1-14(22)5-15(23)10(18)7-3-6(17)4-8(25-2)9(7)11(19)16(15,24)13(21)12(14)20/h3-4,12-13,17,20-24H,5H2,1-2H3/t12-,13-,14+,15+,16-/m1/s1. The van der Waals surface area contributed by atoms with Gasteiger partial charge in [-0.2, -0.15) is 0 Å². The number of aliphatic hydroxyl groups excluding tert-OH is 2. The molecule has 0 aromatic heterocycles. The first-order valence-electron chi connectivity index (χ1n) is 7.45. The molecule has 0 spiro atoms. The number of hydrogen-bond donors (Lipinski definition) is 6. The van der Waals surface area contributed by atoms with Crippen LogP contribution in [0.3, 0.4) is 0 Å². The second-order valence-corrected chi connectivity index (χ2v) is 6.78. The van der Waals surface area contributed by atoms with Gasteiger partial charge < -0.3 is 35.4 Å². The third-order valence-electron chi connectivity index (χ3n) is 5.11. The van der Waals surface area contributed by atoms with E-state index in [-0.39, 0.29) is 5.75 Å². The summed E-state index contributed by atoms with van der Waals surface area (Å²) in [6.07, 6.45) is -5.25. The van der Waals surface area contributed by atoms with Gasteiger partial charge in [-0.15, -0.1) is 0 Å². The molecule has 9 nitrogen and oxygen atoms in total. The van der Waals surface area contributed by atoms with Gasteiger partial charge in [0.2, 0.25) is 5.78 Å². The van der Waals surface area contributed by atoms with E-state index < -0.39 is 63.9 Å². The van der Waals surface area contributed by atoms with Crippen LogP contribution < -0.4 is 4.74 Å². The largest absolute Gasteiger partial charge is 0.508 e. The molecule has 0 heterocycles. The summed E-state index contributed by atoms with van der Waals surface area (Å²) < 4.78 is 4.95. The Labute approximate surface area is 141 Å². The highest BCUT2D eigenvalue weighted by Gasteiger charge is 2.74. The van der Waals surface area contributed by atoms with Crippen LogP contribution >= 0.6 is 0 Å². The zero-order valence-corrected chi connectivity index (χ0v) is 13.4.